The zero-order chi connectivity index (χ0) is 12.8. The molecule has 0 bridgehead atoms. The molecule has 1 heterocycles. The van der Waals surface area contributed by atoms with E-state index in [0.29, 0.717) is 17.1 Å². The van der Waals surface area contributed by atoms with Gasteiger partial charge in [0.2, 0.25) is 0 Å². The highest BCUT2D eigenvalue weighted by Crippen LogP contribution is 2.41. The first-order chi connectivity index (χ1) is 7.86. The highest BCUT2D eigenvalue weighted by atomic mass is 16.5. The van der Waals surface area contributed by atoms with Crippen molar-refractivity contribution in [3.05, 3.63) is 17.7 Å². The number of anilines is 2. The van der Waals surface area contributed by atoms with E-state index >= 15 is 0 Å². The molecular formula is C13H18N2O2. The van der Waals surface area contributed by atoms with Gasteiger partial charge in [-0.2, -0.15) is 0 Å². The summed E-state index contributed by atoms with van der Waals surface area (Å²) < 4.78 is 5.75. The number of hydrogen-bond donors (Lipinski definition) is 1. The maximum Gasteiger partial charge on any atom is 0.270 e. The summed E-state index contributed by atoms with van der Waals surface area (Å²) in [5.74, 6) is 0.606. The van der Waals surface area contributed by atoms with Gasteiger partial charge < -0.3 is 15.4 Å². The standard InChI is InChI=1S/C13H18N2O2/c1-5-8-6-9(14)11-10(7-8)17-13(2,3)12(16)15(11)4/h6-7H,5,14H2,1-4H3. The fraction of sp³-hybridized carbons (Fsp3) is 0.462. The van der Waals surface area contributed by atoms with Crippen molar-refractivity contribution in [2.45, 2.75) is 32.8 Å². The Labute approximate surface area is 101 Å². The van der Waals surface area contributed by atoms with Crippen LogP contribution in [0.1, 0.15) is 26.3 Å². The molecule has 0 aromatic heterocycles. The van der Waals surface area contributed by atoms with Gasteiger partial charge in [-0.25, -0.2) is 0 Å². The first-order valence-corrected chi connectivity index (χ1v) is 5.76. The first kappa shape index (κ1) is 11.8. The molecule has 0 fully saturated rings. The van der Waals surface area contributed by atoms with Crippen LogP contribution >= 0.6 is 0 Å². The molecule has 0 saturated heterocycles. The Bertz CT molecular complexity index is 481. The predicted molar refractivity (Wildman–Crippen MR) is 68.3 cm³/mol. The van der Waals surface area contributed by atoms with Crippen LogP contribution < -0.4 is 15.4 Å². The van der Waals surface area contributed by atoms with Crippen LogP contribution in [-0.2, 0) is 11.2 Å². The lowest BCUT2D eigenvalue weighted by Gasteiger charge is -2.37. The average molecular weight is 234 g/mol. The molecule has 1 aromatic carbocycles. The van der Waals surface area contributed by atoms with E-state index in [1.807, 2.05) is 12.1 Å². The van der Waals surface area contributed by atoms with Gasteiger partial charge in [-0.15, -0.1) is 0 Å². The Morgan fingerprint density at radius 3 is 2.65 bits per heavy atom. The largest absolute Gasteiger partial charge is 0.476 e. The van der Waals surface area contributed by atoms with Gasteiger partial charge in [0.15, 0.2) is 5.60 Å². The van der Waals surface area contributed by atoms with E-state index in [9.17, 15) is 4.79 Å². The molecule has 2 N–H and O–H groups in total. The van der Waals surface area contributed by atoms with Crippen LogP contribution in [0.5, 0.6) is 5.75 Å². The molecule has 0 saturated carbocycles. The number of nitrogen functional groups attached to an aromatic ring is 1. The van der Waals surface area contributed by atoms with Crippen molar-refractivity contribution in [3.8, 4) is 5.75 Å². The van der Waals surface area contributed by atoms with E-state index in [1.165, 1.54) is 0 Å². The fourth-order valence-corrected chi connectivity index (χ4v) is 2.15. The molecule has 2 rings (SSSR count). The van der Waals surface area contributed by atoms with Gasteiger partial charge in [-0.1, -0.05) is 6.92 Å². The Balaban J connectivity index is 2.60. The number of nitrogens with two attached hydrogens (primary N) is 1. The molecule has 92 valence electrons. The number of fused-ring (bicyclic) bond motifs is 1. The van der Waals surface area contributed by atoms with Crippen LogP contribution in [0.15, 0.2) is 12.1 Å². The number of hydrogen-bond acceptors (Lipinski definition) is 3. The van der Waals surface area contributed by atoms with E-state index in [2.05, 4.69) is 6.92 Å². The summed E-state index contributed by atoms with van der Waals surface area (Å²) in [6, 6.07) is 3.85. The van der Waals surface area contributed by atoms with Crippen LogP contribution in [0.2, 0.25) is 0 Å². The first-order valence-electron chi connectivity index (χ1n) is 5.76. The number of likely N-dealkylation sites (N-methyl/N-ethyl adjacent to an activating group) is 1. The monoisotopic (exact) mass is 234 g/mol. The smallest absolute Gasteiger partial charge is 0.270 e. The Morgan fingerprint density at radius 2 is 2.06 bits per heavy atom. The van der Waals surface area contributed by atoms with Gasteiger partial charge in [0, 0.05) is 7.05 Å². The third-order valence-electron chi connectivity index (χ3n) is 3.09. The predicted octanol–water partition coefficient (Wildman–Crippen LogP) is 1.97. The summed E-state index contributed by atoms with van der Waals surface area (Å²) in [6.45, 7) is 5.59. The van der Waals surface area contributed by atoms with Crippen molar-refractivity contribution < 1.29 is 9.53 Å². The molecule has 1 aliphatic rings. The van der Waals surface area contributed by atoms with Crippen molar-refractivity contribution in [1.29, 1.82) is 0 Å². The second-order valence-corrected chi connectivity index (χ2v) is 4.86. The van der Waals surface area contributed by atoms with Gasteiger partial charge in [-0.05, 0) is 38.0 Å². The molecule has 0 spiro atoms. The molecule has 1 amide bonds. The van der Waals surface area contributed by atoms with Crippen LogP contribution in [-0.4, -0.2) is 18.6 Å². The Hall–Kier alpha value is -1.71. The lowest BCUT2D eigenvalue weighted by molar-refractivity contribution is -0.132. The number of ether oxygens (including phenoxy) is 1. The summed E-state index contributed by atoms with van der Waals surface area (Å²) in [4.78, 5) is 13.6. The lowest BCUT2D eigenvalue weighted by Crippen LogP contribution is -2.51. The van der Waals surface area contributed by atoms with E-state index in [1.54, 1.807) is 25.8 Å². The topological polar surface area (TPSA) is 55.6 Å². The van der Waals surface area contributed by atoms with Crippen LogP contribution in [0, 0.1) is 0 Å². The second kappa shape index (κ2) is 3.65. The van der Waals surface area contributed by atoms with E-state index in [4.69, 9.17) is 10.5 Å². The maximum atomic E-state index is 12.1. The Kier molecular flexibility index (Phi) is 2.53. The average Bonchev–Trinajstić information content (AvgIpc) is 2.24. The number of amides is 1. The van der Waals surface area contributed by atoms with Crippen LogP contribution in [0.3, 0.4) is 0 Å². The van der Waals surface area contributed by atoms with Crippen molar-refractivity contribution in [2.24, 2.45) is 0 Å². The number of carbonyl (C=O) groups is 1. The van der Waals surface area contributed by atoms with Crippen LogP contribution in [0.4, 0.5) is 11.4 Å². The normalized spacial score (nSPS) is 17.6. The number of carbonyl (C=O) groups excluding carboxylic acids is 1. The van der Waals surface area contributed by atoms with Gasteiger partial charge in [-0.3, -0.25) is 4.79 Å². The maximum absolute atomic E-state index is 12.1. The summed E-state index contributed by atoms with van der Waals surface area (Å²) in [5, 5.41) is 0. The SMILES string of the molecule is CCc1cc(N)c2c(c1)OC(C)(C)C(=O)N2C. The summed E-state index contributed by atoms with van der Waals surface area (Å²) in [7, 11) is 1.73. The van der Waals surface area contributed by atoms with Crippen molar-refractivity contribution in [1.82, 2.24) is 0 Å². The zero-order valence-corrected chi connectivity index (χ0v) is 10.7. The van der Waals surface area contributed by atoms with Crippen molar-refractivity contribution >= 4 is 17.3 Å². The number of aryl methyl sites for hydroxylation is 1. The van der Waals surface area contributed by atoms with E-state index in [0.717, 1.165) is 12.0 Å². The fourth-order valence-electron chi connectivity index (χ4n) is 2.15. The van der Waals surface area contributed by atoms with Crippen molar-refractivity contribution in [2.75, 3.05) is 17.7 Å². The minimum Gasteiger partial charge on any atom is -0.476 e. The number of nitrogens with zero attached hydrogens (tertiary/aromatic N) is 1. The number of benzene rings is 1. The van der Waals surface area contributed by atoms with Gasteiger partial charge >= 0.3 is 0 Å². The molecule has 0 radical (unpaired) electrons. The molecule has 4 nitrogen and oxygen atoms in total. The van der Waals surface area contributed by atoms with Crippen molar-refractivity contribution in [3.63, 3.8) is 0 Å². The lowest BCUT2D eigenvalue weighted by atomic mass is 10.0. The van der Waals surface area contributed by atoms with E-state index in [-0.39, 0.29) is 5.91 Å². The zero-order valence-electron chi connectivity index (χ0n) is 10.7. The Morgan fingerprint density at radius 1 is 1.41 bits per heavy atom. The quantitative estimate of drug-likeness (QED) is 0.756. The molecule has 17 heavy (non-hydrogen) atoms. The summed E-state index contributed by atoms with van der Waals surface area (Å²) >= 11 is 0. The second-order valence-electron chi connectivity index (χ2n) is 4.86. The molecule has 1 aromatic rings. The molecule has 0 atom stereocenters. The van der Waals surface area contributed by atoms with E-state index < -0.39 is 5.60 Å². The minimum absolute atomic E-state index is 0.0825. The highest BCUT2D eigenvalue weighted by molar-refractivity contribution is 6.04. The number of rotatable bonds is 1. The third kappa shape index (κ3) is 1.73. The molecular weight excluding hydrogens is 216 g/mol. The molecule has 0 aliphatic carbocycles. The van der Waals surface area contributed by atoms with Gasteiger partial charge in [0.25, 0.3) is 5.91 Å². The van der Waals surface area contributed by atoms with Gasteiger partial charge in [0.1, 0.15) is 11.4 Å². The molecule has 0 unspecified atom stereocenters. The van der Waals surface area contributed by atoms with Crippen LogP contribution in [0.25, 0.3) is 0 Å². The van der Waals surface area contributed by atoms with Gasteiger partial charge in [0.05, 0.1) is 5.69 Å². The summed E-state index contributed by atoms with van der Waals surface area (Å²) in [6.07, 6.45) is 0.888. The minimum atomic E-state index is -0.833. The third-order valence-corrected chi connectivity index (χ3v) is 3.09. The molecule has 1 aliphatic heterocycles. The summed E-state index contributed by atoms with van der Waals surface area (Å²) in [5.41, 5.74) is 7.52. The molecule has 4 heteroatoms. The highest BCUT2D eigenvalue weighted by Gasteiger charge is 2.40.